The van der Waals surface area contributed by atoms with Crippen LogP contribution in [0.3, 0.4) is 0 Å². The topological polar surface area (TPSA) is 55.6 Å². The van der Waals surface area contributed by atoms with E-state index in [1.165, 1.54) is 7.11 Å². The van der Waals surface area contributed by atoms with E-state index in [1.54, 1.807) is 7.05 Å². The molecular weight excluding hydrogens is 290 g/mol. The van der Waals surface area contributed by atoms with Gasteiger partial charge in [-0.2, -0.15) is 0 Å². The molecule has 1 amide bonds. The number of fused-ring (bicyclic) bond motifs is 1. The predicted octanol–water partition coefficient (Wildman–Crippen LogP) is 2.73. The number of aromatic nitrogens is 1. The molecule has 5 heteroatoms. The van der Waals surface area contributed by atoms with E-state index in [9.17, 15) is 4.79 Å². The second-order valence-corrected chi connectivity index (χ2v) is 5.00. The molecule has 2 aromatic carbocycles. The molecule has 3 rings (SSSR count). The van der Waals surface area contributed by atoms with Crippen LogP contribution in [0.4, 0.5) is 0 Å². The average molecular weight is 307 g/mol. The maximum atomic E-state index is 12.0. The van der Waals surface area contributed by atoms with Crippen molar-refractivity contribution in [3.63, 3.8) is 0 Å². The molecule has 1 N–H and O–H groups in total. The highest BCUT2D eigenvalue weighted by atomic mass is 16.6. The Bertz CT molecular complexity index is 866. The van der Waals surface area contributed by atoms with Gasteiger partial charge in [0.25, 0.3) is 5.91 Å². The largest absolute Gasteiger partial charge is 0.398 e. The van der Waals surface area contributed by atoms with Crippen molar-refractivity contribution in [1.29, 1.82) is 0 Å². The second-order valence-electron chi connectivity index (χ2n) is 5.00. The summed E-state index contributed by atoms with van der Waals surface area (Å²) in [5.74, 6) is -0.288. The van der Waals surface area contributed by atoms with E-state index in [4.69, 9.17) is 4.84 Å². The van der Waals surface area contributed by atoms with Gasteiger partial charge >= 0.3 is 0 Å². The molecular formula is C18H17N3O2. The van der Waals surface area contributed by atoms with Gasteiger partial charge < -0.3 is 14.7 Å². The number of nitrogens with zero attached hydrogens (tertiary/aromatic N) is 2. The Balaban J connectivity index is 2.14. The number of hydrogen-bond donors (Lipinski definition) is 1. The zero-order valence-corrected chi connectivity index (χ0v) is 13.0. The first kappa shape index (κ1) is 14.8. The fourth-order valence-corrected chi connectivity index (χ4v) is 2.52. The lowest BCUT2D eigenvalue weighted by molar-refractivity contribution is -0.114. The summed E-state index contributed by atoms with van der Waals surface area (Å²) in [4.78, 5) is 16.8. The van der Waals surface area contributed by atoms with Gasteiger partial charge in [0.2, 0.25) is 0 Å². The zero-order chi connectivity index (χ0) is 16.2. The molecule has 23 heavy (non-hydrogen) atoms. The summed E-state index contributed by atoms with van der Waals surface area (Å²) in [5, 5.41) is 7.52. The Labute approximate surface area is 134 Å². The minimum atomic E-state index is -0.288. The van der Waals surface area contributed by atoms with Gasteiger partial charge in [0.1, 0.15) is 7.11 Å². The molecule has 1 heterocycles. The van der Waals surface area contributed by atoms with Crippen molar-refractivity contribution in [3.8, 4) is 5.69 Å². The fraction of sp³-hybridized carbons (Fsp3) is 0.111. The smallest absolute Gasteiger partial charge is 0.273 e. The van der Waals surface area contributed by atoms with Crippen LogP contribution in [0.2, 0.25) is 0 Å². The molecule has 1 aromatic heterocycles. The quantitative estimate of drug-likeness (QED) is 0.595. The van der Waals surface area contributed by atoms with Crippen LogP contribution in [0.15, 0.2) is 65.9 Å². The number of carbonyl (C=O) groups excluding carboxylic acids is 1. The highest BCUT2D eigenvalue weighted by molar-refractivity contribution is 6.45. The normalized spacial score (nSPS) is 11.5. The third-order valence-corrected chi connectivity index (χ3v) is 3.63. The zero-order valence-electron chi connectivity index (χ0n) is 13.0. The van der Waals surface area contributed by atoms with Gasteiger partial charge in [0, 0.05) is 24.5 Å². The number of amides is 1. The molecule has 3 aromatic rings. The highest BCUT2D eigenvalue weighted by Crippen LogP contribution is 2.22. The highest BCUT2D eigenvalue weighted by Gasteiger charge is 2.15. The van der Waals surface area contributed by atoms with Crippen LogP contribution in [-0.2, 0) is 9.63 Å². The Morgan fingerprint density at radius 2 is 1.91 bits per heavy atom. The summed E-state index contributed by atoms with van der Waals surface area (Å²) >= 11 is 0. The lowest BCUT2D eigenvalue weighted by Gasteiger charge is -2.08. The molecule has 116 valence electrons. The number of hydrogen-bond acceptors (Lipinski definition) is 3. The first-order chi connectivity index (χ1) is 11.2. The molecule has 0 saturated heterocycles. The Morgan fingerprint density at radius 3 is 2.61 bits per heavy atom. The minimum Gasteiger partial charge on any atom is -0.398 e. The second kappa shape index (κ2) is 6.36. The van der Waals surface area contributed by atoms with Gasteiger partial charge in [0.05, 0.1) is 5.52 Å². The van der Waals surface area contributed by atoms with E-state index in [0.717, 1.165) is 16.6 Å². The minimum absolute atomic E-state index is 0.248. The van der Waals surface area contributed by atoms with E-state index in [1.807, 2.05) is 60.8 Å². The van der Waals surface area contributed by atoms with E-state index in [-0.39, 0.29) is 11.6 Å². The number of oxime groups is 1. The van der Waals surface area contributed by atoms with Gasteiger partial charge in [0.15, 0.2) is 5.71 Å². The van der Waals surface area contributed by atoms with Gasteiger partial charge in [-0.3, -0.25) is 4.79 Å². The molecule has 0 unspecified atom stereocenters. The van der Waals surface area contributed by atoms with Crippen molar-refractivity contribution >= 4 is 22.5 Å². The monoisotopic (exact) mass is 307 g/mol. The summed E-state index contributed by atoms with van der Waals surface area (Å²) in [6.07, 6.45) is 2.01. The molecule has 0 aliphatic carbocycles. The van der Waals surface area contributed by atoms with Crippen molar-refractivity contribution in [2.24, 2.45) is 5.16 Å². The molecule has 5 nitrogen and oxygen atoms in total. The lowest BCUT2D eigenvalue weighted by atomic mass is 10.1. The van der Waals surface area contributed by atoms with Crippen molar-refractivity contribution in [1.82, 2.24) is 9.88 Å². The third kappa shape index (κ3) is 2.81. The number of likely N-dealkylation sites (N-methyl/N-ethyl adjacent to an activating group) is 1. The molecule has 0 fully saturated rings. The van der Waals surface area contributed by atoms with Crippen molar-refractivity contribution < 1.29 is 9.63 Å². The Hall–Kier alpha value is -3.08. The maximum absolute atomic E-state index is 12.0. The van der Waals surface area contributed by atoms with Crippen LogP contribution >= 0.6 is 0 Å². The molecule has 0 aliphatic rings. The fourth-order valence-electron chi connectivity index (χ4n) is 2.52. The maximum Gasteiger partial charge on any atom is 0.273 e. The van der Waals surface area contributed by atoms with Gasteiger partial charge in [-0.15, -0.1) is 0 Å². The van der Waals surface area contributed by atoms with Crippen molar-refractivity contribution in [2.75, 3.05) is 14.2 Å². The van der Waals surface area contributed by atoms with Gasteiger partial charge in [-0.25, -0.2) is 0 Å². The Morgan fingerprint density at radius 1 is 1.13 bits per heavy atom. The average Bonchev–Trinajstić information content (AvgIpc) is 3.03. The molecule has 0 bridgehead atoms. The van der Waals surface area contributed by atoms with Crippen LogP contribution in [0, 0.1) is 0 Å². The van der Waals surface area contributed by atoms with Gasteiger partial charge in [-0.1, -0.05) is 35.5 Å². The number of nitrogens with one attached hydrogen (secondary N) is 1. The number of benzene rings is 2. The van der Waals surface area contributed by atoms with E-state index in [2.05, 4.69) is 15.0 Å². The van der Waals surface area contributed by atoms with Crippen molar-refractivity contribution in [3.05, 3.63) is 66.4 Å². The van der Waals surface area contributed by atoms with E-state index >= 15 is 0 Å². The molecule has 0 radical (unpaired) electrons. The number of rotatable bonds is 4. The summed E-state index contributed by atoms with van der Waals surface area (Å²) < 4.78 is 2.08. The van der Waals surface area contributed by atoms with E-state index < -0.39 is 0 Å². The van der Waals surface area contributed by atoms with E-state index in [0.29, 0.717) is 5.56 Å². The standard InChI is InChI=1S/C18H17N3O2/c1-19-18(22)17(20-23-2)14-9-8-13-10-11-21(16(13)12-14)15-6-4-3-5-7-15/h3-12H,1-2H3,(H,19,22)/b20-17+. The molecule has 0 spiro atoms. The SMILES string of the molecule is CNC(=O)/C(=N/OC)c1ccc2ccn(-c3ccccc3)c2c1. The molecule has 0 aliphatic heterocycles. The van der Waals surface area contributed by atoms with Crippen LogP contribution in [0.1, 0.15) is 5.56 Å². The number of para-hydroxylation sites is 1. The first-order valence-electron chi connectivity index (χ1n) is 7.24. The summed E-state index contributed by atoms with van der Waals surface area (Å²) in [6.45, 7) is 0. The van der Waals surface area contributed by atoms with Crippen molar-refractivity contribution in [2.45, 2.75) is 0 Å². The van der Waals surface area contributed by atoms with Crippen LogP contribution in [0.25, 0.3) is 16.6 Å². The summed E-state index contributed by atoms with van der Waals surface area (Å²) in [7, 11) is 2.99. The lowest BCUT2D eigenvalue weighted by Crippen LogP contribution is -2.28. The van der Waals surface area contributed by atoms with Crippen LogP contribution in [0.5, 0.6) is 0 Å². The van der Waals surface area contributed by atoms with Crippen LogP contribution < -0.4 is 5.32 Å². The van der Waals surface area contributed by atoms with Gasteiger partial charge in [-0.05, 0) is 29.7 Å². The molecule has 0 atom stereocenters. The third-order valence-electron chi connectivity index (χ3n) is 3.63. The Kier molecular flexibility index (Phi) is 4.10. The number of carbonyl (C=O) groups is 1. The summed E-state index contributed by atoms with van der Waals surface area (Å²) in [6, 6.07) is 17.9. The van der Waals surface area contributed by atoms with Crippen LogP contribution in [-0.4, -0.2) is 30.3 Å². The first-order valence-corrected chi connectivity index (χ1v) is 7.24. The molecule has 0 saturated carbocycles. The predicted molar refractivity (Wildman–Crippen MR) is 90.9 cm³/mol. The summed E-state index contributed by atoms with van der Waals surface area (Å²) in [5.41, 5.74) is 3.01.